The molecule has 1 aliphatic carbocycles. The predicted octanol–water partition coefficient (Wildman–Crippen LogP) is 5.29. The number of carboxylic acid groups (broad SMARTS) is 1. The van der Waals surface area contributed by atoms with Crippen LogP contribution in [-0.2, 0) is 39.3 Å². The number of aromatic carboxylic acids is 1. The van der Waals surface area contributed by atoms with Gasteiger partial charge in [-0.2, -0.15) is 0 Å². The van der Waals surface area contributed by atoms with Crippen molar-refractivity contribution in [1.29, 1.82) is 0 Å². The summed E-state index contributed by atoms with van der Waals surface area (Å²) in [7, 11) is -1.88. The first-order valence-electron chi connectivity index (χ1n) is 19.3. The lowest BCUT2D eigenvalue weighted by molar-refractivity contribution is -0.0536. The number of aromatic nitrogens is 1. The molecule has 0 spiro atoms. The Morgan fingerprint density at radius 2 is 1.33 bits per heavy atom. The summed E-state index contributed by atoms with van der Waals surface area (Å²) in [6.07, 6.45) is 2.46. The normalized spacial score (nSPS) is 15.0. The number of benzene rings is 2. The lowest BCUT2D eigenvalue weighted by Crippen LogP contribution is -2.50. The van der Waals surface area contributed by atoms with E-state index in [1.165, 1.54) is 0 Å². The van der Waals surface area contributed by atoms with Crippen molar-refractivity contribution in [3.8, 4) is 0 Å². The van der Waals surface area contributed by atoms with Crippen molar-refractivity contribution in [2.45, 2.75) is 72.0 Å². The minimum Gasteiger partial charge on any atom is -0.478 e. The second-order valence-electron chi connectivity index (χ2n) is 14.6. The average Bonchev–Trinajstić information content (AvgIpc) is 3.37. The van der Waals surface area contributed by atoms with Gasteiger partial charge in [0.25, 0.3) is 9.04 Å². The van der Waals surface area contributed by atoms with Crippen LogP contribution < -0.4 is 15.7 Å². The zero-order chi connectivity index (χ0) is 39.3. The van der Waals surface area contributed by atoms with E-state index < -0.39 is 33.3 Å². The van der Waals surface area contributed by atoms with Crippen LogP contribution >= 0.6 is 0 Å². The van der Waals surface area contributed by atoms with Crippen LogP contribution in [0.3, 0.4) is 0 Å². The third kappa shape index (κ3) is 16.1. The van der Waals surface area contributed by atoms with Gasteiger partial charge in [-0.25, -0.2) is 9.59 Å². The van der Waals surface area contributed by atoms with Gasteiger partial charge in [0.2, 0.25) is 6.29 Å². The van der Waals surface area contributed by atoms with E-state index in [4.69, 9.17) is 37.8 Å². The summed E-state index contributed by atoms with van der Waals surface area (Å²) in [6.45, 7) is 13.3. The van der Waals surface area contributed by atoms with E-state index in [9.17, 15) is 14.7 Å². The van der Waals surface area contributed by atoms with Gasteiger partial charge in [0.05, 0.1) is 82.3 Å². The van der Waals surface area contributed by atoms with Crippen LogP contribution in [0.15, 0.2) is 66.7 Å². The number of fused-ring (bicyclic) bond motifs is 1. The molecule has 1 heterocycles. The third-order valence-corrected chi connectivity index (χ3v) is 11.2. The van der Waals surface area contributed by atoms with Crippen molar-refractivity contribution in [2.24, 2.45) is 5.41 Å². The smallest absolute Gasteiger partial charge is 0.409 e. The van der Waals surface area contributed by atoms with Crippen molar-refractivity contribution < 1.29 is 47.5 Å². The van der Waals surface area contributed by atoms with Gasteiger partial charge in [-0.3, -0.25) is 4.98 Å². The second kappa shape index (κ2) is 24.1. The molecule has 2 atom stereocenters. The van der Waals surface area contributed by atoms with E-state index in [0.29, 0.717) is 71.4 Å². The van der Waals surface area contributed by atoms with Gasteiger partial charge in [0.15, 0.2) is 0 Å². The Labute approximate surface area is 327 Å². The number of alkyl carbamates (subject to hydrolysis) is 1. The van der Waals surface area contributed by atoms with Crippen LogP contribution in [-0.4, -0.2) is 110 Å². The number of rotatable bonds is 24. The maximum atomic E-state index is 13.3. The van der Waals surface area contributed by atoms with Gasteiger partial charge in [-0.15, -0.1) is 0 Å². The fourth-order valence-electron chi connectivity index (χ4n) is 6.00. The molecule has 0 saturated heterocycles. The van der Waals surface area contributed by atoms with Gasteiger partial charge >= 0.3 is 12.1 Å². The van der Waals surface area contributed by atoms with Crippen LogP contribution in [0.5, 0.6) is 0 Å². The van der Waals surface area contributed by atoms with Crippen LogP contribution in [0.2, 0.25) is 0 Å². The van der Waals surface area contributed by atoms with E-state index in [1.807, 2.05) is 60.7 Å². The molecule has 1 aromatic heterocycles. The SMILES string of the molecule is Cc1nc2c(cc1C(=O)O)CCCCC2C(OC(=O)NCCOCCOCCOCCOCCOCCC(C)(C)C)O[Si](c1ccccc1)c1ccccc1. The lowest BCUT2D eigenvalue weighted by Gasteiger charge is -2.30. The van der Waals surface area contributed by atoms with E-state index in [0.717, 1.165) is 47.5 Å². The molecule has 4 rings (SSSR count). The van der Waals surface area contributed by atoms with Crippen molar-refractivity contribution in [3.05, 3.63) is 89.2 Å². The van der Waals surface area contributed by atoms with Crippen molar-refractivity contribution >= 4 is 31.5 Å². The molecule has 3 aromatic rings. The minimum atomic E-state index is -1.88. The summed E-state index contributed by atoms with van der Waals surface area (Å²) < 4.78 is 40.9. The van der Waals surface area contributed by atoms with Gasteiger partial charge in [-0.1, -0.05) is 87.9 Å². The van der Waals surface area contributed by atoms with E-state index in [-0.39, 0.29) is 24.1 Å². The molecule has 301 valence electrons. The summed E-state index contributed by atoms with van der Waals surface area (Å²) in [5.41, 5.74) is 2.43. The van der Waals surface area contributed by atoms with E-state index >= 15 is 0 Å². The first-order chi connectivity index (χ1) is 26.6. The molecule has 1 radical (unpaired) electrons. The number of aryl methyl sites for hydroxylation is 2. The van der Waals surface area contributed by atoms with Crippen LogP contribution in [0.25, 0.3) is 0 Å². The number of hydrogen-bond donors (Lipinski definition) is 2. The Morgan fingerprint density at radius 1 is 0.800 bits per heavy atom. The molecule has 55 heavy (non-hydrogen) atoms. The molecule has 13 heteroatoms. The summed E-state index contributed by atoms with van der Waals surface area (Å²) in [6, 6.07) is 21.6. The average molecular weight is 780 g/mol. The highest BCUT2D eigenvalue weighted by molar-refractivity contribution is 6.80. The van der Waals surface area contributed by atoms with Crippen molar-refractivity contribution in [1.82, 2.24) is 10.3 Å². The van der Waals surface area contributed by atoms with Crippen LogP contribution in [0, 0.1) is 12.3 Å². The molecule has 0 saturated carbocycles. The maximum absolute atomic E-state index is 13.3. The Morgan fingerprint density at radius 3 is 1.85 bits per heavy atom. The molecule has 0 fully saturated rings. The second-order valence-corrected chi connectivity index (χ2v) is 16.6. The van der Waals surface area contributed by atoms with Crippen LogP contribution in [0.1, 0.15) is 79.7 Å². The summed E-state index contributed by atoms with van der Waals surface area (Å²) >= 11 is 0. The molecule has 0 aliphatic heterocycles. The van der Waals surface area contributed by atoms with Crippen LogP contribution in [0.4, 0.5) is 4.79 Å². The maximum Gasteiger partial charge on any atom is 0.409 e. The number of carbonyl (C=O) groups is 2. The third-order valence-electron chi connectivity index (χ3n) is 8.98. The summed E-state index contributed by atoms with van der Waals surface area (Å²) in [5.74, 6) is -1.41. The Bertz CT molecular complexity index is 1520. The highest BCUT2D eigenvalue weighted by atomic mass is 28.3. The lowest BCUT2D eigenvalue weighted by atomic mass is 9.93. The monoisotopic (exact) mass is 779 g/mol. The number of carbonyl (C=O) groups excluding carboxylic acids is 1. The van der Waals surface area contributed by atoms with Gasteiger partial charge in [0, 0.05) is 13.2 Å². The van der Waals surface area contributed by atoms with Gasteiger partial charge in [-0.05, 0) is 60.0 Å². The van der Waals surface area contributed by atoms with Crippen molar-refractivity contribution in [2.75, 3.05) is 72.6 Å². The Kier molecular flexibility index (Phi) is 19.3. The molecule has 2 unspecified atom stereocenters. The number of carboxylic acids is 1. The molecular weight excluding hydrogens is 721 g/mol. The molecule has 2 N–H and O–H groups in total. The highest BCUT2D eigenvalue weighted by Gasteiger charge is 2.36. The molecule has 0 bridgehead atoms. The summed E-state index contributed by atoms with van der Waals surface area (Å²) in [5, 5.41) is 14.6. The van der Waals surface area contributed by atoms with E-state index in [1.54, 1.807) is 13.0 Å². The predicted molar refractivity (Wildman–Crippen MR) is 212 cm³/mol. The molecule has 1 aliphatic rings. The molecule has 2 aromatic carbocycles. The zero-order valence-corrected chi connectivity index (χ0v) is 33.9. The number of nitrogens with one attached hydrogen (secondary N) is 1. The fraction of sp³-hybridized carbons (Fsp3) is 0.548. The first-order valence-corrected chi connectivity index (χ1v) is 20.7. The fourth-order valence-corrected chi connectivity index (χ4v) is 8.04. The molecule has 12 nitrogen and oxygen atoms in total. The number of hydrogen-bond acceptors (Lipinski definition) is 10. The van der Waals surface area contributed by atoms with Gasteiger partial charge in [0.1, 0.15) is 0 Å². The Balaban J connectivity index is 1.24. The van der Waals surface area contributed by atoms with Gasteiger partial charge < -0.3 is 43.3 Å². The van der Waals surface area contributed by atoms with E-state index in [2.05, 4.69) is 26.1 Å². The zero-order valence-electron chi connectivity index (χ0n) is 32.9. The minimum absolute atomic E-state index is 0.178. The number of amides is 1. The number of nitrogens with zero attached hydrogens (tertiary/aromatic N) is 1. The molecular formula is C42H59N2O10Si. The number of pyridine rings is 1. The largest absolute Gasteiger partial charge is 0.478 e. The Hall–Kier alpha value is -3.69. The van der Waals surface area contributed by atoms with Crippen molar-refractivity contribution in [3.63, 3.8) is 0 Å². The highest BCUT2D eigenvalue weighted by Crippen LogP contribution is 2.35. The topological polar surface area (TPSA) is 144 Å². The number of ether oxygens (including phenoxy) is 6. The summed E-state index contributed by atoms with van der Waals surface area (Å²) in [4.78, 5) is 30.1. The quantitative estimate of drug-likeness (QED) is 0.0530. The standard InChI is InChI=1S/C42H59N2O10Si/c1-32-37(39(45)46)31-33-13-11-12-18-36(38(33)44-32)40(54-55(34-14-7-5-8-15-34)35-16-9-6-10-17-35)53-41(47)43-20-22-49-24-26-51-28-30-52-29-27-50-25-23-48-21-19-42(2,3)4/h5-10,14-17,31,36,40H,11-13,18-30H2,1-4H3,(H,43,47)(H,45,46). The molecule has 1 amide bonds. The first kappa shape index (κ1) is 44.0.